The van der Waals surface area contributed by atoms with E-state index in [1.165, 1.54) is 4.57 Å². The van der Waals surface area contributed by atoms with Crippen molar-refractivity contribution < 1.29 is 5.11 Å². The van der Waals surface area contributed by atoms with Gasteiger partial charge >= 0.3 is 4.87 Å². The van der Waals surface area contributed by atoms with Crippen molar-refractivity contribution in [3.05, 3.63) is 21.2 Å². The molecule has 74 valence electrons. The number of nitrogens with zero attached hydrogens (tertiary/aromatic N) is 1. The fraction of sp³-hybridized carbons (Fsp3) is 0.625. The van der Waals surface area contributed by atoms with Gasteiger partial charge in [-0.05, 0) is 6.54 Å². The quantitative estimate of drug-likeness (QED) is 0.700. The van der Waals surface area contributed by atoms with Crippen molar-refractivity contribution in [1.29, 1.82) is 0 Å². The van der Waals surface area contributed by atoms with Gasteiger partial charge in [0.15, 0.2) is 0 Å². The molecule has 1 unspecified atom stereocenters. The smallest absolute Gasteiger partial charge is 0.307 e. The molecule has 0 saturated carbocycles. The Morgan fingerprint density at radius 3 is 3.08 bits per heavy atom. The normalized spacial score (nSPS) is 13.1. The lowest BCUT2D eigenvalue weighted by Crippen LogP contribution is -2.32. The molecule has 13 heavy (non-hydrogen) atoms. The molecule has 0 aromatic carbocycles. The van der Waals surface area contributed by atoms with Gasteiger partial charge in [0, 0.05) is 18.1 Å². The summed E-state index contributed by atoms with van der Waals surface area (Å²) in [5.41, 5.74) is 0. The van der Waals surface area contributed by atoms with E-state index in [9.17, 15) is 9.90 Å². The maximum atomic E-state index is 11.1. The highest BCUT2D eigenvalue weighted by Crippen LogP contribution is 1.92. The summed E-state index contributed by atoms with van der Waals surface area (Å²) in [7, 11) is 0. The van der Waals surface area contributed by atoms with Gasteiger partial charge in [0.2, 0.25) is 0 Å². The molecule has 1 aromatic rings. The van der Waals surface area contributed by atoms with E-state index < -0.39 is 6.10 Å². The molecule has 0 saturated heterocycles. The number of rotatable bonds is 5. The Balaban J connectivity index is 2.40. The molecule has 0 aliphatic rings. The zero-order chi connectivity index (χ0) is 9.68. The Morgan fingerprint density at radius 1 is 1.77 bits per heavy atom. The molecule has 0 aliphatic carbocycles. The van der Waals surface area contributed by atoms with Gasteiger partial charge in [0.1, 0.15) is 0 Å². The van der Waals surface area contributed by atoms with Crippen LogP contribution in [0.1, 0.15) is 6.92 Å². The maximum absolute atomic E-state index is 11.1. The monoisotopic (exact) mass is 202 g/mol. The molecule has 0 bridgehead atoms. The fourth-order valence-electron chi connectivity index (χ4n) is 1.03. The van der Waals surface area contributed by atoms with Gasteiger partial charge in [-0.1, -0.05) is 18.3 Å². The molecule has 1 rings (SSSR count). The van der Waals surface area contributed by atoms with Crippen LogP contribution in [0.15, 0.2) is 16.4 Å². The van der Waals surface area contributed by atoms with Crippen LogP contribution >= 0.6 is 11.3 Å². The molecule has 2 N–H and O–H groups in total. The Hall–Kier alpha value is -0.650. The predicted octanol–water partition coefficient (Wildman–Crippen LogP) is -0.120. The van der Waals surface area contributed by atoms with E-state index in [1.807, 2.05) is 6.92 Å². The summed E-state index contributed by atoms with van der Waals surface area (Å²) in [5, 5.41) is 14.2. The van der Waals surface area contributed by atoms with Crippen LogP contribution in [0.25, 0.3) is 0 Å². The first kappa shape index (κ1) is 10.4. The minimum Gasteiger partial charge on any atom is -0.390 e. The minimum atomic E-state index is -0.493. The first-order valence-electron chi connectivity index (χ1n) is 4.26. The van der Waals surface area contributed by atoms with E-state index in [4.69, 9.17) is 0 Å². The fourth-order valence-corrected chi connectivity index (χ4v) is 1.62. The molecule has 0 amide bonds. The molecule has 0 radical (unpaired) electrons. The molecule has 4 nitrogen and oxygen atoms in total. The predicted molar refractivity (Wildman–Crippen MR) is 53.1 cm³/mol. The number of aromatic nitrogens is 1. The van der Waals surface area contributed by atoms with Gasteiger partial charge < -0.3 is 15.0 Å². The third kappa shape index (κ3) is 3.30. The second-order valence-corrected chi connectivity index (χ2v) is 3.64. The second kappa shape index (κ2) is 5.16. The minimum absolute atomic E-state index is 0.0180. The average Bonchev–Trinajstić information content (AvgIpc) is 2.48. The number of hydrogen-bond donors (Lipinski definition) is 2. The van der Waals surface area contributed by atoms with Crippen molar-refractivity contribution in [1.82, 2.24) is 9.88 Å². The van der Waals surface area contributed by atoms with Gasteiger partial charge in [0.25, 0.3) is 0 Å². The Kier molecular flexibility index (Phi) is 4.14. The summed E-state index contributed by atoms with van der Waals surface area (Å²) in [6, 6.07) is 0. The summed E-state index contributed by atoms with van der Waals surface area (Å²) < 4.78 is 1.52. The van der Waals surface area contributed by atoms with E-state index in [0.29, 0.717) is 13.1 Å². The van der Waals surface area contributed by atoms with Crippen LogP contribution in [-0.4, -0.2) is 28.9 Å². The van der Waals surface area contributed by atoms with Crippen LogP contribution in [0.2, 0.25) is 0 Å². The maximum Gasteiger partial charge on any atom is 0.307 e. The lowest BCUT2D eigenvalue weighted by molar-refractivity contribution is 0.151. The number of thiazole rings is 1. The van der Waals surface area contributed by atoms with Crippen molar-refractivity contribution >= 4 is 11.3 Å². The highest BCUT2D eigenvalue weighted by Gasteiger charge is 2.05. The standard InChI is InChI=1S/C8H14N2O2S/c1-2-9-5-7(11)6-10-3-4-13-8(10)12/h3-4,7,9,11H,2,5-6H2,1H3. The largest absolute Gasteiger partial charge is 0.390 e. The SMILES string of the molecule is CCNCC(O)Cn1ccsc1=O. The van der Waals surface area contributed by atoms with Crippen molar-refractivity contribution in [3.63, 3.8) is 0 Å². The van der Waals surface area contributed by atoms with Gasteiger partial charge in [-0.15, -0.1) is 0 Å². The van der Waals surface area contributed by atoms with E-state index in [0.717, 1.165) is 17.9 Å². The summed E-state index contributed by atoms with van der Waals surface area (Å²) >= 11 is 1.15. The van der Waals surface area contributed by atoms with Gasteiger partial charge in [0.05, 0.1) is 12.6 Å². The summed E-state index contributed by atoms with van der Waals surface area (Å²) in [5.74, 6) is 0. The number of likely N-dealkylation sites (N-methyl/N-ethyl adjacent to an activating group) is 1. The van der Waals surface area contributed by atoms with Crippen molar-refractivity contribution in [2.45, 2.75) is 19.6 Å². The van der Waals surface area contributed by atoms with Crippen LogP contribution in [0.3, 0.4) is 0 Å². The van der Waals surface area contributed by atoms with Gasteiger partial charge in [-0.25, -0.2) is 0 Å². The molecule has 0 fully saturated rings. The molecular formula is C8H14N2O2S. The summed E-state index contributed by atoms with van der Waals surface area (Å²) in [6.07, 6.45) is 1.20. The topological polar surface area (TPSA) is 54.3 Å². The molecule has 5 heteroatoms. The van der Waals surface area contributed by atoms with Crippen LogP contribution in [0.5, 0.6) is 0 Å². The van der Waals surface area contributed by atoms with E-state index >= 15 is 0 Å². The third-order valence-electron chi connectivity index (χ3n) is 1.68. The molecule has 1 aromatic heterocycles. The van der Waals surface area contributed by atoms with Crippen LogP contribution in [0, 0.1) is 0 Å². The van der Waals surface area contributed by atoms with E-state index in [1.54, 1.807) is 11.6 Å². The van der Waals surface area contributed by atoms with E-state index in [2.05, 4.69) is 5.32 Å². The van der Waals surface area contributed by atoms with Crippen LogP contribution in [0.4, 0.5) is 0 Å². The Bertz CT molecular complexity index is 294. The lowest BCUT2D eigenvalue weighted by Gasteiger charge is -2.10. The number of nitrogens with one attached hydrogen (secondary N) is 1. The van der Waals surface area contributed by atoms with Crippen molar-refractivity contribution in [2.75, 3.05) is 13.1 Å². The number of aliphatic hydroxyl groups is 1. The molecule has 1 atom stereocenters. The van der Waals surface area contributed by atoms with Gasteiger partial charge in [-0.3, -0.25) is 4.79 Å². The highest BCUT2D eigenvalue weighted by atomic mass is 32.1. The second-order valence-electron chi connectivity index (χ2n) is 2.78. The molecule has 0 spiro atoms. The average molecular weight is 202 g/mol. The Morgan fingerprint density at radius 2 is 2.54 bits per heavy atom. The third-order valence-corrected chi connectivity index (χ3v) is 2.38. The highest BCUT2D eigenvalue weighted by molar-refractivity contribution is 7.07. The molecule has 0 aliphatic heterocycles. The zero-order valence-corrected chi connectivity index (χ0v) is 8.38. The van der Waals surface area contributed by atoms with Crippen LogP contribution in [-0.2, 0) is 6.54 Å². The molecule has 1 heterocycles. The van der Waals surface area contributed by atoms with Crippen LogP contribution < -0.4 is 10.2 Å². The molecular weight excluding hydrogens is 188 g/mol. The first-order chi connectivity index (χ1) is 6.24. The van der Waals surface area contributed by atoms with E-state index in [-0.39, 0.29) is 4.87 Å². The summed E-state index contributed by atoms with van der Waals surface area (Å²) in [4.78, 5) is 11.1. The van der Waals surface area contributed by atoms with Crippen molar-refractivity contribution in [2.24, 2.45) is 0 Å². The number of aliphatic hydroxyl groups excluding tert-OH is 1. The zero-order valence-electron chi connectivity index (χ0n) is 7.56. The summed E-state index contributed by atoms with van der Waals surface area (Å²) in [6.45, 7) is 3.70. The number of hydrogen-bond acceptors (Lipinski definition) is 4. The van der Waals surface area contributed by atoms with Gasteiger partial charge in [-0.2, -0.15) is 0 Å². The Labute approximate surface area is 80.8 Å². The lowest BCUT2D eigenvalue weighted by atomic mass is 10.3. The first-order valence-corrected chi connectivity index (χ1v) is 5.14. The van der Waals surface area contributed by atoms with Crippen molar-refractivity contribution in [3.8, 4) is 0 Å².